The van der Waals surface area contributed by atoms with Crippen LogP contribution in [0.25, 0.3) is 0 Å². The normalized spacial score (nSPS) is 22.0. The van der Waals surface area contributed by atoms with E-state index in [-0.39, 0.29) is 19.1 Å². The van der Waals surface area contributed by atoms with Crippen molar-refractivity contribution in [2.75, 3.05) is 32.8 Å². The van der Waals surface area contributed by atoms with Crippen molar-refractivity contribution in [3.63, 3.8) is 0 Å². The number of morpholine rings is 1. The molecule has 0 bridgehead atoms. The molecule has 0 saturated carbocycles. The largest absolute Gasteiger partial charge is 0.442 e. The van der Waals surface area contributed by atoms with Crippen LogP contribution in [-0.2, 0) is 19.1 Å². The van der Waals surface area contributed by atoms with Crippen LogP contribution in [0, 0.1) is 0 Å². The van der Waals surface area contributed by atoms with E-state index in [0.29, 0.717) is 41.8 Å². The second-order valence-corrected chi connectivity index (χ2v) is 8.59. The van der Waals surface area contributed by atoms with Crippen molar-refractivity contribution in [3.8, 4) is 0 Å². The molecule has 1 atom stereocenters. The maximum Gasteiger partial charge on any atom is 0.414 e. The van der Waals surface area contributed by atoms with Crippen molar-refractivity contribution in [1.82, 2.24) is 15.3 Å². The summed E-state index contributed by atoms with van der Waals surface area (Å²) in [4.78, 5) is 44.8. The van der Waals surface area contributed by atoms with Crippen molar-refractivity contribution in [3.05, 3.63) is 44.9 Å². The SMILES string of the molecule is O=C(ONCC1CN(C2=CC=C(N3CCOCC3=O)CC2)C(=O)O1)c1ccc(Cl)s1. The van der Waals surface area contributed by atoms with Gasteiger partial charge < -0.3 is 19.2 Å². The number of nitrogens with zero attached hydrogens (tertiary/aromatic N) is 2. The monoisotopic (exact) mass is 453 g/mol. The van der Waals surface area contributed by atoms with Gasteiger partial charge in [-0.2, -0.15) is 0 Å². The van der Waals surface area contributed by atoms with Crippen molar-refractivity contribution < 1.29 is 28.7 Å². The number of nitrogens with one attached hydrogen (secondary N) is 1. The number of halogens is 1. The Kier molecular flexibility index (Phi) is 6.38. The first-order valence-corrected chi connectivity index (χ1v) is 10.7. The van der Waals surface area contributed by atoms with Gasteiger partial charge in [-0.25, -0.2) is 9.59 Å². The number of rotatable bonds is 6. The highest BCUT2D eigenvalue weighted by atomic mass is 35.5. The fraction of sp³-hybridized carbons (Fsp3) is 0.421. The highest BCUT2D eigenvalue weighted by molar-refractivity contribution is 7.17. The summed E-state index contributed by atoms with van der Waals surface area (Å²) in [7, 11) is 0. The van der Waals surface area contributed by atoms with Crippen LogP contribution in [0.1, 0.15) is 22.5 Å². The van der Waals surface area contributed by atoms with Gasteiger partial charge in [-0.1, -0.05) is 11.6 Å². The Bertz CT molecular complexity index is 914. The van der Waals surface area contributed by atoms with E-state index in [1.807, 2.05) is 12.2 Å². The summed E-state index contributed by atoms with van der Waals surface area (Å²) in [6, 6.07) is 3.20. The molecule has 1 unspecified atom stereocenters. The topological polar surface area (TPSA) is 97.4 Å². The molecule has 1 aromatic heterocycles. The van der Waals surface area contributed by atoms with Crippen LogP contribution in [0.15, 0.2) is 35.7 Å². The summed E-state index contributed by atoms with van der Waals surface area (Å²) in [5.41, 5.74) is 4.32. The molecule has 1 aliphatic carbocycles. The van der Waals surface area contributed by atoms with E-state index in [2.05, 4.69) is 5.48 Å². The third-order valence-corrected chi connectivity index (χ3v) is 6.12. The lowest BCUT2D eigenvalue weighted by Gasteiger charge is -2.31. The van der Waals surface area contributed by atoms with Gasteiger partial charge >= 0.3 is 12.1 Å². The van der Waals surface area contributed by atoms with Crippen molar-refractivity contribution in [2.24, 2.45) is 0 Å². The van der Waals surface area contributed by atoms with Crippen molar-refractivity contribution in [2.45, 2.75) is 18.9 Å². The summed E-state index contributed by atoms with van der Waals surface area (Å²) in [6.45, 7) is 1.69. The lowest BCUT2D eigenvalue weighted by atomic mass is 10.1. The molecule has 1 N–H and O–H groups in total. The maximum absolute atomic E-state index is 12.3. The molecular weight excluding hydrogens is 434 g/mol. The highest BCUT2D eigenvalue weighted by Crippen LogP contribution is 2.28. The lowest BCUT2D eigenvalue weighted by molar-refractivity contribution is -0.140. The number of hydrogen-bond acceptors (Lipinski definition) is 8. The first-order chi connectivity index (χ1) is 14.5. The van der Waals surface area contributed by atoms with Gasteiger partial charge in [0.25, 0.3) is 5.91 Å². The van der Waals surface area contributed by atoms with Gasteiger partial charge in [-0.05, 0) is 37.1 Å². The number of ether oxygens (including phenoxy) is 2. The molecule has 160 valence electrons. The lowest BCUT2D eigenvalue weighted by Crippen LogP contribution is -2.41. The fourth-order valence-corrected chi connectivity index (χ4v) is 4.34. The predicted molar refractivity (Wildman–Crippen MR) is 108 cm³/mol. The Balaban J connectivity index is 1.28. The van der Waals surface area contributed by atoms with Gasteiger partial charge in [0.05, 0.1) is 24.0 Å². The minimum absolute atomic E-state index is 0.0459. The third-order valence-electron chi connectivity index (χ3n) is 4.91. The number of allylic oxidation sites excluding steroid dienone is 4. The molecule has 2 amide bonds. The van der Waals surface area contributed by atoms with Gasteiger partial charge in [0, 0.05) is 17.9 Å². The highest BCUT2D eigenvalue weighted by Gasteiger charge is 2.34. The molecule has 11 heteroatoms. The molecule has 3 aliphatic rings. The molecule has 2 saturated heterocycles. The smallest absolute Gasteiger partial charge is 0.414 e. The number of cyclic esters (lactones) is 1. The third kappa shape index (κ3) is 4.67. The number of carbonyl (C=O) groups is 3. The van der Waals surface area contributed by atoms with E-state index < -0.39 is 18.2 Å². The minimum atomic E-state index is -0.543. The summed E-state index contributed by atoms with van der Waals surface area (Å²) in [5.74, 6) is -0.589. The Hall–Kier alpha value is -2.40. The van der Waals surface area contributed by atoms with Crippen LogP contribution in [-0.4, -0.2) is 66.7 Å². The second kappa shape index (κ2) is 9.17. The molecule has 1 aromatic rings. The van der Waals surface area contributed by atoms with Gasteiger partial charge in [-0.3, -0.25) is 9.69 Å². The Morgan fingerprint density at radius 1 is 1.23 bits per heavy atom. The number of thiophene rings is 1. The Morgan fingerprint density at radius 3 is 2.67 bits per heavy atom. The van der Waals surface area contributed by atoms with E-state index >= 15 is 0 Å². The fourth-order valence-electron chi connectivity index (χ4n) is 3.42. The van der Waals surface area contributed by atoms with Gasteiger partial charge in [0.2, 0.25) is 0 Å². The minimum Gasteiger partial charge on any atom is -0.442 e. The molecule has 3 heterocycles. The van der Waals surface area contributed by atoms with E-state index in [9.17, 15) is 14.4 Å². The molecule has 9 nitrogen and oxygen atoms in total. The zero-order chi connectivity index (χ0) is 21.1. The standard InChI is InChI=1S/C19H20ClN3O6S/c20-16-6-5-15(30-16)18(25)29-21-9-14-10-23(19(26)28-14)13-3-1-12(2-4-13)22-7-8-27-11-17(22)24/h1,3,5-6,14,21H,2,4,7-11H2. The second-order valence-electron chi connectivity index (χ2n) is 6.87. The van der Waals surface area contributed by atoms with Gasteiger partial charge in [0.1, 0.15) is 17.6 Å². The quantitative estimate of drug-likeness (QED) is 0.660. The molecule has 4 rings (SSSR count). The molecule has 0 aromatic carbocycles. The van der Waals surface area contributed by atoms with Crippen LogP contribution in [0.5, 0.6) is 0 Å². The van der Waals surface area contributed by atoms with E-state index in [1.54, 1.807) is 21.9 Å². The number of hydroxylamine groups is 1. The predicted octanol–water partition coefficient (Wildman–Crippen LogP) is 2.30. The molecule has 0 radical (unpaired) electrons. The summed E-state index contributed by atoms with van der Waals surface area (Å²) >= 11 is 6.92. The summed E-state index contributed by atoms with van der Waals surface area (Å²) < 4.78 is 11.0. The van der Waals surface area contributed by atoms with Crippen molar-refractivity contribution >= 4 is 40.9 Å². The zero-order valence-electron chi connectivity index (χ0n) is 16.0. The zero-order valence-corrected chi connectivity index (χ0v) is 17.5. The molecule has 30 heavy (non-hydrogen) atoms. The number of amides is 2. The summed E-state index contributed by atoms with van der Waals surface area (Å²) in [5, 5.41) is 0. The Labute approximate surface area is 181 Å². The van der Waals surface area contributed by atoms with E-state index in [0.717, 1.165) is 22.7 Å². The average molecular weight is 454 g/mol. The first kappa shape index (κ1) is 20.9. The van der Waals surface area contributed by atoms with Crippen LogP contribution < -0.4 is 5.48 Å². The van der Waals surface area contributed by atoms with Crippen LogP contribution in [0.3, 0.4) is 0 Å². The van der Waals surface area contributed by atoms with E-state index in [4.69, 9.17) is 25.9 Å². The van der Waals surface area contributed by atoms with E-state index in [1.165, 1.54) is 0 Å². The number of carbonyl (C=O) groups excluding carboxylic acids is 3. The number of hydrogen-bond donors (Lipinski definition) is 1. The van der Waals surface area contributed by atoms with Crippen LogP contribution in [0.2, 0.25) is 4.34 Å². The first-order valence-electron chi connectivity index (χ1n) is 9.46. The van der Waals surface area contributed by atoms with Crippen LogP contribution >= 0.6 is 22.9 Å². The average Bonchev–Trinajstić information content (AvgIpc) is 3.34. The van der Waals surface area contributed by atoms with Gasteiger partial charge in [0.15, 0.2) is 0 Å². The molecule has 2 fully saturated rings. The summed E-state index contributed by atoms with van der Waals surface area (Å²) in [6.07, 6.45) is 4.10. The maximum atomic E-state index is 12.3. The van der Waals surface area contributed by atoms with Gasteiger partial charge in [-0.15, -0.1) is 16.8 Å². The molecule has 2 aliphatic heterocycles. The molecular formula is C19H20ClN3O6S. The van der Waals surface area contributed by atoms with Crippen molar-refractivity contribution in [1.29, 1.82) is 0 Å². The van der Waals surface area contributed by atoms with Crippen LogP contribution in [0.4, 0.5) is 4.79 Å². The Morgan fingerprint density at radius 2 is 2.00 bits per heavy atom. The molecule has 0 spiro atoms.